The predicted molar refractivity (Wildman–Crippen MR) is 146 cm³/mol. The van der Waals surface area contributed by atoms with Gasteiger partial charge in [-0.15, -0.1) is 0 Å². The molecule has 0 bridgehead atoms. The fourth-order valence-corrected chi connectivity index (χ4v) is 6.43. The van der Waals surface area contributed by atoms with E-state index >= 15 is 0 Å². The van der Waals surface area contributed by atoms with Crippen molar-refractivity contribution >= 4 is 41.6 Å². The van der Waals surface area contributed by atoms with E-state index in [0.29, 0.717) is 12.2 Å². The monoisotopic (exact) mass is 527 g/mol. The minimum atomic E-state index is -1.43. The summed E-state index contributed by atoms with van der Waals surface area (Å²) in [6, 6.07) is 33.4. The lowest BCUT2D eigenvalue weighted by Crippen LogP contribution is -2.44. The van der Waals surface area contributed by atoms with Crippen LogP contribution in [0.4, 0.5) is 0 Å². The number of halogens is 1. The second-order valence-corrected chi connectivity index (χ2v) is 12.4. The molecule has 1 radical (unpaired) electrons. The van der Waals surface area contributed by atoms with Crippen molar-refractivity contribution < 1.29 is 9.22 Å². The minimum absolute atomic E-state index is 0.0190. The molecule has 4 aromatic carbocycles. The summed E-state index contributed by atoms with van der Waals surface area (Å²) < 4.78 is 7.62. The molecule has 0 N–H and O–H groups in total. The summed E-state index contributed by atoms with van der Waals surface area (Å²) in [5, 5.41) is 2.44. The van der Waals surface area contributed by atoms with Crippen molar-refractivity contribution in [3.05, 3.63) is 118 Å². The Kier molecular flexibility index (Phi) is 7.62. The minimum Gasteiger partial charge on any atom is -0.403 e. The quantitative estimate of drug-likeness (QED) is 0.201. The maximum absolute atomic E-state index is 11.5. The predicted octanol–water partition coefficient (Wildman–Crippen LogP) is 6.55. The van der Waals surface area contributed by atoms with Gasteiger partial charge in [-0.1, -0.05) is 116 Å². The molecule has 0 unspecified atom stereocenters. The Morgan fingerprint density at radius 1 is 0.824 bits per heavy atom. The van der Waals surface area contributed by atoms with Gasteiger partial charge in [-0.25, -0.2) is 0 Å². The molecule has 4 aromatic rings. The summed E-state index contributed by atoms with van der Waals surface area (Å²) in [6.45, 7) is 7.15. The molecule has 2 nitrogen and oxygen atoms in total. The van der Waals surface area contributed by atoms with Gasteiger partial charge in [0.2, 0.25) is 0 Å². The van der Waals surface area contributed by atoms with Gasteiger partial charge in [0.1, 0.15) is 6.29 Å². The molecule has 0 aromatic heterocycles. The largest absolute Gasteiger partial charge is 0.403 e. The standard InChI is InChI=1S/C30H28BrO2Si/c1-30(2,3)25-14-15-29(23-16-22(20-32)17-26(31)19-23)24(18-25)21-33-34(27-10-6-4-7-11-27)28-12-8-5-9-13-28/h4-20H,21H2,1-3H3. The number of hydrogen-bond donors (Lipinski definition) is 0. The molecule has 0 heterocycles. The van der Waals surface area contributed by atoms with E-state index in [1.807, 2.05) is 24.3 Å². The molecular weight excluding hydrogens is 500 g/mol. The number of carbonyl (C=O) groups is 1. The van der Waals surface area contributed by atoms with E-state index in [1.54, 1.807) is 0 Å². The normalized spacial score (nSPS) is 11.6. The van der Waals surface area contributed by atoms with Gasteiger partial charge in [-0.05, 0) is 56.2 Å². The fourth-order valence-electron chi connectivity index (χ4n) is 3.96. The molecule has 0 fully saturated rings. The summed E-state index contributed by atoms with van der Waals surface area (Å²) in [5.74, 6) is 0. The van der Waals surface area contributed by atoms with Crippen LogP contribution in [0.3, 0.4) is 0 Å². The van der Waals surface area contributed by atoms with E-state index in [2.05, 4.69) is 109 Å². The summed E-state index contributed by atoms with van der Waals surface area (Å²) in [5.41, 5.74) is 5.13. The average molecular weight is 529 g/mol. The van der Waals surface area contributed by atoms with Gasteiger partial charge >= 0.3 is 0 Å². The van der Waals surface area contributed by atoms with Crippen LogP contribution in [-0.2, 0) is 16.4 Å². The van der Waals surface area contributed by atoms with E-state index in [1.165, 1.54) is 15.9 Å². The molecule has 0 aliphatic carbocycles. The van der Waals surface area contributed by atoms with Crippen molar-refractivity contribution in [2.75, 3.05) is 0 Å². The van der Waals surface area contributed by atoms with Gasteiger partial charge in [0.25, 0.3) is 9.04 Å². The molecule has 4 heteroatoms. The molecule has 0 amide bonds. The highest BCUT2D eigenvalue weighted by molar-refractivity contribution is 9.10. The maximum atomic E-state index is 11.5. The summed E-state index contributed by atoms with van der Waals surface area (Å²) in [6.07, 6.45) is 0.889. The van der Waals surface area contributed by atoms with Crippen molar-refractivity contribution in [1.82, 2.24) is 0 Å². The molecule has 0 saturated carbocycles. The topological polar surface area (TPSA) is 26.3 Å². The van der Waals surface area contributed by atoms with Crippen LogP contribution in [-0.4, -0.2) is 15.3 Å². The summed E-state index contributed by atoms with van der Waals surface area (Å²) in [4.78, 5) is 11.5. The third kappa shape index (κ3) is 5.82. The number of aldehydes is 1. The molecule has 0 aliphatic rings. The molecule has 0 saturated heterocycles. The molecule has 0 spiro atoms. The second kappa shape index (κ2) is 10.6. The van der Waals surface area contributed by atoms with E-state index in [0.717, 1.165) is 27.4 Å². The first-order chi connectivity index (χ1) is 16.3. The lowest BCUT2D eigenvalue weighted by atomic mass is 9.84. The van der Waals surface area contributed by atoms with Crippen molar-refractivity contribution in [3.63, 3.8) is 0 Å². The Balaban J connectivity index is 1.76. The first kappa shape index (κ1) is 24.3. The van der Waals surface area contributed by atoms with Crippen molar-refractivity contribution in [1.29, 1.82) is 0 Å². The molecule has 0 aliphatic heterocycles. The molecule has 0 atom stereocenters. The van der Waals surface area contributed by atoms with Crippen LogP contribution in [0.25, 0.3) is 11.1 Å². The van der Waals surface area contributed by atoms with E-state index in [-0.39, 0.29) is 5.41 Å². The van der Waals surface area contributed by atoms with Crippen LogP contribution in [0.5, 0.6) is 0 Å². The lowest BCUT2D eigenvalue weighted by molar-refractivity contribution is 0.112. The highest BCUT2D eigenvalue weighted by Gasteiger charge is 2.21. The van der Waals surface area contributed by atoms with Crippen molar-refractivity contribution in [2.45, 2.75) is 32.8 Å². The maximum Gasteiger partial charge on any atom is 0.283 e. The smallest absolute Gasteiger partial charge is 0.283 e. The highest BCUT2D eigenvalue weighted by Crippen LogP contribution is 2.32. The molecule has 34 heavy (non-hydrogen) atoms. The number of benzene rings is 4. The number of hydrogen-bond acceptors (Lipinski definition) is 2. The average Bonchev–Trinajstić information content (AvgIpc) is 2.84. The van der Waals surface area contributed by atoms with Gasteiger partial charge in [0.05, 0.1) is 6.61 Å². The Bertz CT molecular complexity index is 1220. The summed E-state index contributed by atoms with van der Waals surface area (Å²) >= 11 is 3.56. The van der Waals surface area contributed by atoms with Crippen LogP contribution < -0.4 is 10.4 Å². The first-order valence-corrected chi connectivity index (χ1v) is 13.6. The Morgan fingerprint density at radius 3 is 2.00 bits per heavy atom. The van der Waals surface area contributed by atoms with Crippen LogP contribution in [0.2, 0.25) is 0 Å². The first-order valence-electron chi connectivity index (χ1n) is 11.4. The van der Waals surface area contributed by atoms with Gasteiger partial charge in [0, 0.05) is 10.0 Å². The SMILES string of the molecule is CC(C)(C)c1ccc(-c2cc(Br)cc(C=O)c2)c(CO[Si](c2ccccc2)c2ccccc2)c1. The lowest BCUT2D eigenvalue weighted by Gasteiger charge is -2.23. The van der Waals surface area contributed by atoms with Gasteiger partial charge in [0.15, 0.2) is 0 Å². The van der Waals surface area contributed by atoms with Gasteiger partial charge < -0.3 is 4.43 Å². The van der Waals surface area contributed by atoms with E-state index < -0.39 is 9.04 Å². The van der Waals surface area contributed by atoms with Gasteiger partial charge in [-0.3, -0.25) is 4.79 Å². The van der Waals surface area contributed by atoms with Crippen LogP contribution in [0, 0.1) is 0 Å². The van der Waals surface area contributed by atoms with E-state index in [9.17, 15) is 4.79 Å². The van der Waals surface area contributed by atoms with Crippen LogP contribution >= 0.6 is 15.9 Å². The third-order valence-electron chi connectivity index (χ3n) is 5.78. The highest BCUT2D eigenvalue weighted by atomic mass is 79.9. The van der Waals surface area contributed by atoms with Crippen LogP contribution in [0.15, 0.2) is 102 Å². The molecule has 4 rings (SSSR count). The van der Waals surface area contributed by atoms with Crippen LogP contribution in [0.1, 0.15) is 42.3 Å². The Hall–Kier alpha value is -2.79. The van der Waals surface area contributed by atoms with Gasteiger partial charge in [-0.2, -0.15) is 0 Å². The number of carbonyl (C=O) groups excluding carboxylic acids is 1. The van der Waals surface area contributed by atoms with Crippen molar-refractivity contribution in [2.24, 2.45) is 0 Å². The van der Waals surface area contributed by atoms with E-state index in [4.69, 9.17) is 4.43 Å². The second-order valence-electron chi connectivity index (χ2n) is 9.36. The zero-order chi connectivity index (χ0) is 24.1. The molecule has 171 valence electrons. The number of rotatable bonds is 7. The molecular formula is C30H28BrO2Si. The van der Waals surface area contributed by atoms with Crippen molar-refractivity contribution in [3.8, 4) is 11.1 Å². The zero-order valence-electron chi connectivity index (χ0n) is 19.7. The Morgan fingerprint density at radius 2 is 1.44 bits per heavy atom. The summed E-state index contributed by atoms with van der Waals surface area (Å²) in [7, 11) is -1.43. The third-order valence-corrected chi connectivity index (χ3v) is 8.39. The fraction of sp³-hybridized carbons (Fsp3) is 0.167. The zero-order valence-corrected chi connectivity index (χ0v) is 22.3. The Labute approximate surface area is 212 Å².